The zero-order valence-electron chi connectivity index (χ0n) is 16.4. The number of urea groups is 1. The van der Waals surface area contributed by atoms with Gasteiger partial charge in [0.25, 0.3) is 5.91 Å². The lowest BCUT2D eigenvalue weighted by molar-refractivity contribution is -0.126. The molecule has 4 amide bonds. The van der Waals surface area contributed by atoms with E-state index in [4.69, 9.17) is 0 Å². The summed E-state index contributed by atoms with van der Waals surface area (Å²) in [5.41, 5.74) is -0.832. The summed E-state index contributed by atoms with van der Waals surface area (Å²) in [6.45, 7) is 8.15. The van der Waals surface area contributed by atoms with Crippen molar-refractivity contribution in [3.63, 3.8) is 0 Å². The number of aliphatic imine (C=N–C) groups is 1. The quantitative estimate of drug-likeness (QED) is 0.144. The van der Waals surface area contributed by atoms with E-state index in [1.807, 2.05) is 13.8 Å². The Morgan fingerprint density at radius 3 is 2.33 bits per heavy atom. The van der Waals surface area contributed by atoms with Crippen LogP contribution in [0.4, 0.5) is 4.79 Å². The van der Waals surface area contributed by atoms with Gasteiger partial charge in [0, 0.05) is 39.1 Å². The number of piperidine rings is 1. The van der Waals surface area contributed by atoms with Crippen LogP contribution < -0.4 is 21.3 Å². The van der Waals surface area contributed by atoms with E-state index in [-0.39, 0.29) is 47.6 Å². The molecule has 1 unspecified atom stereocenters. The van der Waals surface area contributed by atoms with Crippen molar-refractivity contribution in [2.24, 2.45) is 16.8 Å². The Morgan fingerprint density at radius 1 is 1.26 bits per heavy atom. The molecule has 0 aliphatic carbocycles. The maximum atomic E-state index is 12.1. The Morgan fingerprint density at radius 2 is 1.85 bits per heavy atom. The van der Waals surface area contributed by atoms with E-state index in [1.54, 1.807) is 14.0 Å². The number of carbonyl (C=O) groups is 3. The Kier molecular flexibility index (Phi) is 8.76. The van der Waals surface area contributed by atoms with Crippen LogP contribution >= 0.6 is 24.0 Å². The van der Waals surface area contributed by atoms with Crippen molar-refractivity contribution in [1.29, 1.82) is 0 Å². The number of nitrogens with zero attached hydrogens (tertiary/aromatic N) is 2. The maximum Gasteiger partial charge on any atom is 0.322 e. The minimum Gasteiger partial charge on any atom is -0.354 e. The first-order chi connectivity index (χ1) is 12.3. The number of hydrogen-bond donors (Lipinski definition) is 4. The third kappa shape index (κ3) is 5.69. The van der Waals surface area contributed by atoms with Crippen LogP contribution in [0.1, 0.15) is 33.6 Å². The number of halogens is 1. The van der Waals surface area contributed by atoms with E-state index in [9.17, 15) is 14.4 Å². The Bertz CT molecular complexity index is 589. The maximum absolute atomic E-state index is 12.1. The van der Waals surface area contributed by atoms with E-state index >= 15 is 0 Å². The van der Waals surface area contributed by atoms with E-state index in [0.717, 1.165) is 31.9 Å². The monoisotopic (exact) mass is 494 g/mol. The normalized spacial score (nSPS) is 23.6. The summed E-state index contributed by atoms with van der Waals surface area (Å²) in [6, 6.07) is -0.416. The molecule has 0 aromatic heterocycles. The van der Waals surface area contributed by atoms with Gasteiger partial charge in [-0.3, -0.25) is 19.9 Å². The van der Waals surface area contributed by atoms with E-state index in [0.29, 0.717) is 13.1 Å². The molecule has 9 nitrogen and oxygen atoms in total. The second-order valence-corrected chi connectivity index (χ2v) is 7.29. The third-order valence-electron chi connectivity index (χ3n) is 5.13. The highest BCUT2D eigenvalue weighted by Gasteiger charge is 2.48. The number of guanidine groups is 1. The van der Waals surface area contributed by atoms with Gasteiger partial charge in [-0.05, 0) is 25.7 Å². The Labute approximate surface area is 177 Å². The smallest absolute Gasteiger partial charge is 0.322 e. The van der Waals surface area contributed by atoms with Crippen molar-refractivity contribution in [3.05, 3.63) is 0 Å². The predicted molar refractivity (Wildman–Crippen MR) is 114 cm³/mol. The first kappa shape index (κ1) is 23.4. The fourth-order valence-corrected chi connectivity index (χ4v) is 3.41. The van der Waals surface area contributed by atoms with Crippen LogP contribution in [0.5, 0.6) is 0 Å². The Hall–Kier alpha value is -1.59. The highest BCUT2D eigenvalue weighted by molar-refractivity contribution is 14.0. The van der Waals surface area contributed by atoms with Crippen molar-refractivity contribution in [1.82, 2.24) is 26.2 Å². The molecule has 0 aromatic rings. The van der Waals surface area contributed by atoms with Crippen LogP contribution in [-0.2, 0) is 9.59 Å². The van der Waals surface area contributed by atoms with Crippen molar-refractivity contribution >= 4 is 47.8 Å². The molecule has 0 spiro atoms. The minimum absolute atomic E-state index is 0. The van der Waals surface area contributed by atoms with E-state index in [1.165, 1.54) is 0 Å². The standard InChI is InChI=1S/C17H30N6O3.HI/c1-11(2)13(24)19-7-8-20-15(18-4)23-9-5-12(6-10-23)17(3)14(25)21-16(26)22-17;/h11-12H,5-10H2,1-4H3,(H,18,20)(H,19,24)(H2,21,22,25,26);1H. The highest BCUT2D eigenvalue weighted by atomic mass is 127. The summed E-state index contributed by atoms with van der Waals surface area (Å²) < 4.78 is 0. The van der Waals surface area contributed by atoms with Crippen LogP contribution in [0.3, 0.4) is 0 Å². The van der Waals surface area contributed by atoms with Gasteiger partial charge in [0.05, 0.1) is 0 Å². The van der Waals surface area contributed by atoms with E-state index in [2.05, 4.69) is 31.2 Å². The number of likely N-dealkylation sites (tertiary alicyclic amines) is 1. The van der Waals surface area contributed by atoms with Gasteiger partial charge in [0.1, 0.15) is 5.54 Å². The number of imide groups is 1. The average molecular weight is 494 g/mol. The molecule has 2 rings (SSSR count). The number of hydrogen-bond acceptors (Lipinski definition) is 4. The molecule has 2 saturated heterocycles. The molecular formula is C17H31IN6O3. The van der Waals surface area contributed by atoms with Gasteiger partial charge in [0.15, 0.2) is 5.96 Å². The lowest BCUT2D eigenvalue weighted by atomic mass is 9.79. The predicted octanol–water partition coefficient (Wildman–Crippen LogP) is 0.262. The second kappa shape index (κ2) is 10.1. The summed E-state index contributed by atoms with van der Waals surface area (Å²) in [7, 11) is 1.73. The number of nitrogens with one attached hydrogen (secondary N) is 4. The summed E-state index contributed by atoms with van der Waals surface area (Å²) in [6.07, 6.45) is 1.57. The number of amides is 4. The van der Waals surface area contributed by atoms with Crippen molar-refractivity contribution in [3.8, 4) is 0 Å². The van der Waals surface area contributed by atoms with Gasteiger partial charge in [-0.1, -0.05) is 13.8 Å². The van der Waals surface area contributed by atoms with Crippen LogP contribution in [0.2, 0.25) is 0 Å². The molecule has 0 aromatic carbocycles. The first-order valence-electron chi connectivity index (χ1n) is 9.14. The largest absolute Gasteiger partial charge is 0.354 e. The fourth-order valence-electron chi connectivity index (χ4n) is 3.41. The first-order valence-corrected chi connectivity index (χ1v) is 9.14. The molecule has 27 heavy (non-hydrogen) atoms. The molecule has 2 heterocycles. The molecule has 0 bridgehead atoms. The van der Waals surface area contributed by atoms with Crippen molar-refractivity contribution < 1.29 is 14.4 Å². The van der Waals surface area contributed by atoms with Crippen LogP contribution in [-0.4, -0.2) is 67.5 Å². The molecule has 10 heteroatoms. The Balaban J connectivity index is 0.00000364. The lowest BCUT2D eigenvalue weighted by Gasteiger charge is -2.39. The minimum atomic E-state index is -0.832. The van der Waals surface area contributed by atoms with Crippen LogP contribution in [0, 0.1) is 11.8 Å². The third-order valence-corrected chi connectivity index (χ3v) is 5.13. The fraction of sp³-hybridized carbons (Fsp3) is 0.765. The SMILES string of the molecule is CN=C(NCCNC(=O)C(C)C)N1CCC(C2(C)NC(=O)NC2=O)CC1.I. The second-order valence-electron chi connectivity index (χ2n) is 7.29. The van der Waals surface area contributed by atoms with Crippen LogP contribution in [0.25, 0.3) is 0 Å². The molecule has 2 fully saturated rings. The highest BCUT2D eigenvalue weighted by Crippen LogP contribution is 2.30. The number of carbonyl (C=O) groups excluding carboxylic acids is 3. The lowest BCUT2D eigenvalue weighted by Crippen LogP contribution is -2.55. The van der Waals surface area contributed by atoms with Gasteiger partial charge in [-0.15, -0.1) is 24.0 Å². The van der Waals surface area contributed by atoms with Gasteiger partial charge < -0.3 is 20.9 Å². The van der Waals surface area contributed by atoms with E-state index < -0.39 is 11.6 Å². The van der Waals surface area contributed by atoms with Gasteiger partial charge >= 0.3 is 6.03 Å². The van der Waals surface area contributed by atoms with Crippen molar-refractivity contribution in [2.45, 2.75) is 39.2 Å². The molecular weight excluding hydrogens is 463 g/mol. The van der Waals surface area contributed by atoms with Crippen LogP contribution in [0.15, 0.2) is 4.99 Å². The number of rotatable bonds is 5. The molecule has 154 valence electrons. The average Bonchev–Trinajstić information content (AvgIpc) is 2.88. The zero-order valence-corrected chi connectivity index (χ0v) is 18.8. The molecule has 2 aliphatic heterocycles. The molecule has 4 N–H and O–H groups in total. The molecule has 0 saturated carbocycles. The van der Waals surface area contributed by atoms with Gasteiger partial charge in [0.2, 0.25) is 5.91 Å². The van der Waals surface area contributed by atoms with Gasteiger partial charge in [-0.25, -0.2) is 4.79 Å². The van der Waals surface area contributed by atoms with Gasteiger partial charge in [-0.2, -0.15) is 0 Å². The summed E-state index contributed by atoms with van der Waals surface area (Å²) in [5.74, 6) is 0.640. The summed E-state index contributed by atoms with van der Waals surface area (Å²) in [4.78, 5) is 41.5. The summed E-state index contributed by atoms with van der Waals surface area (Å²) in [5, 5.41) is 11.2. The topological polar surface area (TPSA) is 115 Å². The molecule has 1 atom stereocenters. The summed E-state index contributed by atoms with van der Waals surface area (Å²) >= 11 is 0. The molecule has 0 radical (unpaired) electrons. The zero-order chi connectivity index (χ0) is 19.3. The van der Waals surface area contributed by atoms with Crippen molar-refractivity contribution in [2.75, 3.05) is 33.2 Å². The molecule has 2 aliphatic rings.